The van der Waals surface area contributed by atoms with Crippen molar-refractivity contribution in [2.24, 2.45) is 0 Å². The van der Waals surface area contributed by atoms with Gasteiger partial charge in [0.25, 0.3) is 0 Å². The van der Waals surface area contributed by atoms with E-state index >= 15 is 0 Å². The molecule has 3 N–H and O–H groups in total. The number of nitrogens with two attached hydrogens (primary N) is 1. The Morgan fingerprint density at radius 1 is 1.45 bits per heavy atom. The first-order chi connectivity index (χ1) is 9.40. The molecule has 108 valence electrons. The number of sulfonamides is 1. The molecule has 20 heavy (non-hydrogen) atoms. The van der Waals surface area contributed by atoms with Crippen LogP contribution in [0.2, 0.25) is 5.02 Å². The number of benzene rings is 1. The zero-order valence-corrected chi connectivity index (χ0v) is 12.3. The van der Waals surface area contributed by atoms with Crippen LogP contribution in [0.1, 0.15) is 5.56 Å². The van der Waals surface area contributed by atoms with Crippen molar-refractivity contribution in [2.45, 2.75) is 18.4 Å². The van der Waals surface area contributed by atoms with Gasteiger partial charge in [0.1, 0.15) is 0 Å². The van der Waals surface area contributed by atoms with Crippen LogP contribution in [-0.2, 0) is 16.6 Å². The molecule has 0 aliphatic heterocycles. The molecule has 0 radical (unpaired) electrons. The quantitative estimate of drug-likeness (QED) is 0.794. The molecule has 0 fully saturated rings. The van der Waals surface area contributed by atoms with Gasteiger partial charge in [-0.2, -0.15) is 0 Å². The molecule has 0 unspecified atom stereocenters. The summed E-state index contributed by atoms with van der Waals surface area (Å²) in [6.45, 7) is 2.30. The van der Waals surface area contributed by atoms with Crippen molar-refractivity contribution in [3.63, 3.8) is 0 Å². The van der Waals surface area contributed by atoms with Crippen molar-refractivity contribution in [3.05, 3.63) is 35.1 Å². The third-order valence-electron chi connectivity index (χ3n) is 2.77. The molecule has 2 rings (SSSR count). The monoisotopic (exact) mass is 315 g/mol. The normalized spacial score (nSPS) is 11.7. The molecule has 0 saturated heterocycles. The Labute approximate surface area is 121 Å². The van der Waals surface area contributed by atoms with Crippen molar-refractivity contribution in [3.8, 4) is 0 Å². The maximum Gasteiger partial charge on any atom is 0.240 e. The van der Waals surface area contributed by atoms with E-state index in [1.165, 1.54) is 23.0 Å². The fourth-order valence-electron chi connectivity index (χ4n) is 1.56. The lowest BCUT2D eigenvalue weighted by molar-refractivity contribution is 0.553. The Morgan fingerprint density at radius 3 is 2.80 bits per heavy atom. The summed E-state index contributed by atoms with van der Waals surface area (Å²) in [6, 6.07) is 2.77. The summed E-state index contributed by atoms with van der Waals surface area (Å²) in [5.41, 5.74) is 6.73. The molecule has 0 atom stereocenters. The van der Waals surface area contributed by atoms with E-state index in [0.29, 0.717) is 22.8 Å². The Hall–Kier alpha value is -1.64. The van der Waals surface area contributed by atoms with Gasteiger partial charge in [0.15, 0.2) is 0 Å². The van der Waals surface area contributed by atoms with Crippen LogP contribution in [0.3, 0.4) is 0 Å². The molecular formula is C11H14ClN5O2S. The van der Waals surface area contributed by atoms with Crippen LogP contribution in [0, 0.1) is 6.92 Å². The van der Waals surface area contributed by atoms with E-state index in [2.05, 4.69) is 15.0 Å². The Kier molecular flexibility index (Phi) is 4.26. The average Bonchev–Trinajstić information content (AvgIpc) is 2.88. The first-order valence-electron chi connectivity index (χ1n) is 5.79. The van der Waals surface area contributed by atoms with Crippen molar-refractivity contribution in [1.29, 1.82) is 0 Å². The van der Waals surface area contributed by atoms with Gasteiger partial charge in [-0.1, -0.05) is 16.8 Å². The van der Waals surface area contributed by atoms with E-state index in [0.717, 1.165) is 0 Å². The van der Waals surface area contributed by atoms with Gasteiger partial charge in [-0.15, -0.1) is 5.10 Å². The Morgan fingerprint density at radius 2 is 2.20 bits per heavy atom. The highest BCUT2D eigenvalue weighted by atomic mass is 35.5. The highest BCUT2D eigenvalue weighted by Crippen LogP contribution is 2.25. The third kappa shape index (κ3) is 3.27. The predicted octanol–water partition coefficient (Wildman–Crippen LogP) is 0.801. The number of hydrogen-bond donors (Lipinski definition) is 2. The number of nitrogens with zero attached hydrogens (tertiary/aromatic N) is 3. The van der Waals surface area contributed by atoms with Crippen LogP contribution in [0.25, 0.3) is 0 Å². The van der Waals surface area contributed by atoms with Gasteiger partial charge in [-0.05, 0) is 24.6 Å². The molecule has 0 spiro atoms. The second kappa shape index (κ2) is 5.78. The molecule has 2 aromatic rings. The van der Waals surface area contributed by atoms with Crippen LogP contribution < -0.4 is 10.5 Å². The largest absolute Gasteiger partial charge is 0.398 e. The summed E-state index contributed by atoms with van der Waals surface area (Å²) in [4.78, 5) is 0.0455. The maximum atomic E-state index is 12.1. The highest BCUT2D eigenvalue weighted by molar-refractivity contribution is 7.89. The van der Waals surface area contributed by atoms with Crippen molar-refractivity contribution < 1.29 is 8.42 Å². The first-order valence-corrected chi connectivity index (χ1v) is 7.65. The lowest BCUT2D eigenvalue weighted by Gasteiger charge is -2.10. The Bertz CT molecular complexity index is 677. The van der Waals surface area contributed by atoms with Crippen molar-refractivity contribution >= 4 is 27.3 Å². The number of anilines is 1. The van der Waals surface area contributed by atoms with Crippen LogP contribution in [-0.4, -0.2) is 30.0 Å². The van der Waals surface area contributed by atoms with Crippen LogP contribution in [0.5, 0.6) is 0 Å². The molecule has 0 aliphatic rings. The van der Waals surface area contributed by atoms with E-state index in [1.54, 1.807) is 13.1 Å². The number of hydrogen-bond acceptors (Lipinski definition) is 5. The summed E-state index contributed by atoms with van der Waals surface area (Å²) in [6.07, 6.45) is 3.17. The Balaban J connectivity index is 2.10. The molecule has 1 aromatic carbocycles. The van der Waals surface area contributed by atoms with Gasteiger partial charge in [0.05, 0.1) is 17.6 Å². The van der Waals surface area contributed by atoms with E-state index in [9.17, 15) is 8.42 Å². The van der Waals surface area contributed by atoms with Gasteiger partial charge in [0.2, 0.25) is 10.0 Å². The summed E-state index contributed by atoms with van der Waals surface area (Å²) in [5.74, 6) is 0. The fourth-order valence-corrected chi connectivity index (χ4v) is 2.93. The SMILES string of the molecule is Cc1c(N)cc(S(=O)(=O)NCCn2ccnn2)cc1Cl. The lowest BCUT2D eigenvalue weighted by Crippen LogP contribution is -2.27. The molecule has 9 heteroatoms. The molecule has 7 nitrogen and oxygen atoms in total. The molecule has 0 saturated carbocycles. The van der Waals surface area contributed by atoms with Gasteiger partial charge < -0.3 is 5.73 Å². The van der Waals surface area contributed by atoms with Gasteiger partial charge in [-0.3, -0.25) is 4.68 Å². The van der Waals surface area contributed by atoms with Crippen LogP contribution in [0.15, 0.2) is 29.4 Å². The number of aromatic nitrogens is 3. The molecule has 0 aliphatic carbocycles. The number of nitrogens with one attached hydrogen (secondary N) is 1. The number of nitrogen functional groups attached to an aromatic ring is 1. The lowest BCUT2D eigenvalue weighted by atomic mass is 10.2. The smallest absolute Gasteiger partial charge is 0.240 e. The van der Waals surface area contributed by atoms with E-state index in [1.807, 2.05) is 0 Å². The summed E-state index contributed by atoms with van der Waals surface area (Å²) >= 11 is 5.95. The zero-order chi connectivity index (χ0) is 14.8. The second-order valence-corrected chi connectivity index (χ2v) is 6.36. The minimum Gasteiger partial charge on any atom is -0.398 e. The number of halogens is 1. The minimum atomic E-state index is -3.65. The van der Waals surface area contributed by atoms with Crippen LogP contribution in [0.4, 0.5) is 5.69 Å². The van der Waals surface area contributed by atoms with Crippen molar-refractivity contribution in [1.82, 2.24) is 19.7 Å². The molecule has 0 bridgehead atoms. The minimum absolute atomic E-state index is 0.0455. The van der Waals surface area contributed by atoms with E-state index in [4.69, 9.17) is 17.3 Å². The summed E-state index contributed by atoms with van der Waals surface area (Å²) < 4.78 is 28.2. The molecular weight excluding hydrogens is 302 g/mol. The number of rotatable bonds is 5. The van der Waals surface area contributed by atoms with Gasteiger partial charge in [0, 0.05) is 23.5 Å². The maximum absolute atomic E-state index is 12.1. The average molecular weight is 316 g/mol. The summed E-state index contributed by atoms with van der Waals surface area (Å²) in [7, 11) is -3.65. The van der Waals surface area contributed by atoms with Crippen LogP contribution >= 0.6 is 11.6 Å². The van der Waals surface area contributed by atoms with E-state index < -0.39 is 10.0 Å². The molecule has 0 amide bonds. The zero-order valence-electron chi connectivity index (χ0n) is 10.7. The van der Waals surface area contributed by atoms with Crippen molar-refractivity contribution in [2.75, 3.05) is 12.3 Å². The highest BCUT2D eigenvalue weighted by Gasteiger charge is 2.16. The second-order valence-electron chi connectivity index (χ2n) is 4.18. The molecule has 1 aromatic heterocycles. The third-order valence-corrected chi connectivity index (χ3v) is 4.61. The fraction of sp³-hybridized carbons (Fsp3) is 0.273. The first kappa shape index (κ1) is 14.8. The van der Waals surface area contributed by atoms with E-state index in [-0.39, 0.29) is 11.4 Å². The molecule has 1 heterocycles. The van der Waals surface area contributed by atoms with Gasteiger partial charge in [-0.25, -0.2) is 13.1 Å². The van der Waals surface area contributed by atoms with Gasteiger partial charge >= 0.3 is 0 Å². The standard InChI is InChI=1S/C11H14ClN5O2S/c1-8-10(12)6-9(7-11(8)13)20(18,19)15-3-5-17-4-2-14-16-17/h2,4,6-7,15H,3,5,13H2,1H3. The predicted molar refractivity (Wildman–Crippen MR) is 75.8 cm³/mol. The topological polar surface area (TPSA) is 103 Å². The summed E-state index contributed by atoms with van der Waals surface area (Å²) in [5, 5.41) is 7.69.